The zero-order valence-corrected chi connectivity index (χ0v) is 14.2. The minimum Gasteiger partial charge on any atom is -0.382 e. The van der Waals surface area contributed by atoms with E-state index in [9.17, 15) is 0 Å². The largest absolute Gasteiger partial charge is 0.382 e. The molecule has 0 aromatic heterocycles. The first-order valence-corrected chi connectivity index (χ1v) is 8.37. The standard InChI is InChI=1S/C18H31N3/c1-5-11-21-12-6-7-16(10-13-21)19-18-9-8-17(20(3)4)14-15(18)2/h8-9,14,16,19H,5-7,10-13H2,1-4H3. The number of nitrogens with zero attached hydrogens (tertiary/aromatic N) is 2. The van der Waals surface area contributed by atoms with E-state index >= 15 is 0 Å². The van der Waals surface area contributed by atoms with Gasteiger partial charge in [0, 0.05) is 38.1 Å². The first kappa shape index (κ1) is 16.2. The lowest BCUT2D eigenvalue weighted by Gasteiger charge is -2.22. The summed E-state index contributed by atoms with van der Waals surface area (Å²) in [5.74, 6) is 0. The normalized spacial score (nSPS) is 20.1. The average Bonchev–Trinajstić information content (AvgIpc) is 2.67. The summed E-state index contributed by atoms with van der Waals surface area (Å²) in [6.45, 7) is 8.24. The van der Waals surface area contributed by atoms with Gasteiger partial charge in [0.25, 0.3) is 0 Å². The van der Waals surface area contributed by atoms with E-state index in [1.807, 2.05) is 0 Å². The minimum absolute atomic E-state index is 0.621. The van der Waals surface area contributed by atoms with E-state index in [2.05, 4.69) is 61.3 Å². The Morgan fingerprint density at radius 2 is 2.05 bits per heavy atom. The lowest BCUT2D eigenvalue weighted by atomic mass is 10.1. The summed E-state index contributed by atoms with van der Waals surface area (Å²) in [6, 6.07) is 7.33. The van der Waals surface area contributed by atoms with Crippen molar-refractivity contribution in [1.82, 2.24) is 4.90 Å². The molecule has 0 radical (unpaired) electrons. The van der Waals surface area contributed by atoms with Crippen molar-refractivity contribution >= 4 is 11.4 Å². The second kappa shape index (κ2) is 7.69. The predicted octanol–water partition coefficient (Wildman–Crippen LogP) is 3.74. The second-order valence-corrected chi connectivity index (χ2v) is 6.51. The topological polar surface area (TPSA) is 18.5 Å². The summed E-state index contributed by atoms with van der Waals surface area (Å²) >= 11 is 0. The molecular weight excluding hydrogens is 258 g/mol. The van der Waals surface area contributed by atoms with Crippen molar-refractivity contribution in [3.63, 3.8) is 0 Å². The van der Waals surface area contributed by atoms with Crippen LogP contribution in [0.25, 0.3) is 0 Å². The van der Waals surface area contributed by atoms with Crippen molar-refractivity contribution in [3.05, 3.63) is 23.8 Å². The number of rotatable bonds is 5. The van der Waals surface area contributed by atoms with Crippen LogP contribution in [0.2, 0.25) is 0 Å². The Hall–Kier alpha value is -1.22. The van der Waals surface area contributed by atoms with Crippen molar-refractivity contribution < 1.29 is 0 Å². The molecule has 0 amide bonds. The lowest BCUT2D eigenvalue weighted by molar-refractivity contribution is 0.285. The Labute approximate surface area is 130 Å². The van der Waals surface area contributed by atoms with Crippen LogP contribution in [-0.4, -0.2) is 44.7 Å². The molecule has 0 bridgehead atoms. The Morgan fingerprint density at radius 3 is 2.71 bits per heavy atom. The highest BCUT2D eigenvalue weighted by Gasteiger charge is 2.16. The molecule has 3 heteroatoms. The van der Waals surface area contributed by atoms with Crippen LogP contribution in [0.5, 0.6) is 0 Å². The molecular formula is C18H31N3. The molecule has 1 aromatic rings. The molecule has 1 aliphatic rings. The highest BCUT2D eigenvalue weighted by molar-refractivity contribution is 5.60. The van der Waals surface area contributed by atoms with Gasteiger partial charge in [0.15, 0.2) is 0 Å². The third-order valence-electron chi connectivity index (χ3n) is 4.45. The van der Waals surface area contributed by atoms with Crippen molar-refractivity contribution in [3.8, 4) is 0 Å². The van der Waals surface area contributed by atoms with E-state index in [-0.39, 0.29) is 0 Å². The van der Waals surface area contributed by atoms with Crippen LogP contribution in [0.3, 0.4) is 0 Å². The van der Waals surface area contributed by atoms with Gasteiger partial charge in [-0.25, -0.2) is 0 Å². The van der Waals surface area contributed by atoms with E-state index < -0.39 is 0 Å². The molecule has 1 N–H and O–H groups in total. The third-order valence-corrected chi connectivity index (χ3v) is 4.45. The number of benzene rings is 1. The number of likely N-dealkylation sites (tertiary alicyclic amines) is 1. The molecule has 1 aromatic carbocycles. The van der Waals surface area contributed by atoms with Crippen LogP contribution < -0.4 is 10.2 Å². The quantitative estimate of drug-likeness (QED) is 0.891. The van der Waals surface area contributed by atoms with Crippen molar-refractivity contribution in [2.45, 2.75) is 45.6 Å². The zero-order valence-electron chi connectivity index (χ0n) is 14.2. The molecule has 1 heterocycles. The Bertz CT molecular complexity index is 442. The molecule has 0 aliphatic carbocycles. The molecule has 21 heavy (non-hydrogen) atoms. The highest BCUT2D eigenvalue weighted by atomic mass is 15.1. The third kappa shape index (κ3) is 4.63. The van der Waals surface area contributed by atoms with Crippen LogP contribution in [0, 0.1) is 6.92 Å². The number of anilines is 2. The van der Waals surface area contributed by atoms with Crippen molar-refractivity contribution in [2.24, 2.45) is 0 Å². The molecule has 118 valence electrons. The van der Waals surface area contributed by atoms with Gasteiger partial charge in [0.1, 0.15) is 0 Å². The molecule has 0 spiro atoms. The molecule has 1 aliphatic heterocycles. The van der Waals surface area contributed by atoms with Crippen molar-refractivity contribution in [2.75, 3.05) is 43.9 Å². The summed E-state index contributed by atoms with van der Waals surface area (Å²) in [5, 5.41) is 3.77. The van der Waals surface area contributed by atoms with Gasteiger partial charge in [-0.15, -0.1) is 0 Å². The van der Waals surface area contributed by atoms with Crippen LogP contribution in [0.1, 0.15) is 38.2 Å². The molecule has 0 saturated carbocycles. The first-order chi connectivity index (χ1) is 10.1. The fraction of sp³-hybridized carbons (Fsp3) is 0.667. The number of aryl methyl sites for hydroxylation is 1. The molecule has 1 unspecified atom stereocenters. The monoisotopic (exact) mass is 289 g/mol. The van der Waals surface area contributed by atoms with Gasteiger partial charge in [0.2, 0.25) is 0 Å². The van der Waals surface area contributed by atoms with Gasteiger partial charge >= 0.3 is 0 Å². The van der Waals surface area contributed by atoms with Crippen molar-refractivity contribution in [1.29, 1.82) is 0 Å². The minimum atomic E-state index is 0.621. The Kier molecular flexibility index (Phi) is 5.92. The Balaban J connectivity index is 1.95. The van der Waals surface area contributed by atoms with E-state index in [0.717, 1.165) is 0 Å². The molecule has 2 rings (SSSR count). The van der Waals surface area contributed by atoms with E-state index in [4.69, 9.17) is 0 Å². The van der Waals surface area contributed by atoms with Gasteiger partial charge < -0.3 is 15.1 Å². The van der Waals surface area contributed by atoms with Crippen LogP contribution in [-0.2, 0) is 0 Å². The fourth-order valence-electron chi connectivity index (χ4n) is 3.15. The fourth-order valence-corrected chi connectivity index (χ4v) is 3.15. The summed E-state index contributed by atoms with van der Waals surface area (Å²) in [6.07, 6.45) is 5.12. The summed E-state index contributed by atoms with van der Waals surface area (Å²) in [7, 11) is 4.19. The smallest absolute Gasteiger partial charge is 0.0373 e. The predicted molar refractivity (Wildman–Crippen MR) is 93.5 cm³/mol. The van der Waals surface area contributed by atoms with Gasteiger partial charge in [-0.05, 0) is 69.5 Å². The van der Waals surface area contributed by atoms with Gasteiger partial charge in [0.05, 0.1) is 0 Å². The zero-order chi connectivity index (χ0) is 15.2. The molecule has 1 saturated heterocycles. The summed E-state index contributed by atoms with van der Waals surface area (Å²) in [4.78, 5) is 4.77. The maximum atomic E-state index is 3.77. The molecule has 3 nitrogen and oxygen atoms in total. The Morgan fingerprint density at radius 1 is 1.24 bits per heavy atom. The van der Waals surface area contributed by atoms with Gasteiger partial charge in [-0.1, -0.05) is 6.92 Å². The maximum absolute atomic E-state index is 3.77. The van der Waals surface area contributed by atoms with E-state index in [0.29, 0.717) is 6.04 Å². The first-order valence-electron chi connectivity index (χ1n) is 8.37. The van der Waals surface area contributed by atoms with E-state index in [1.165, 1.54) is 62.3 Å². The lowest BCUT2D eigenvalue weighted by Crippen LogP contribution is -2.27. The average molecular weight is 289 g/mol. The van der Waals surface area contributed by atoms with Crippen LogP contribution in [0.4, 0.5) is 11.4 Å². The van der Waals surface area contributed by atoms with E-state index in [1.54, 1.807) is 0 Å². The highest BCUT2D eigenvalue weighted by Crippen LogP contribution is 2.24. The maximum Gasteiger partial charge on any atom is 0.0373 e. The van der Waals surface area contributed by atoms with Crippen LogP contribution >= 0.6 is 0 Å². The molecule has 1 fully saturated rings. The second-order valence-electron chi connectivity index (χ2n) is 6.51. The molecule has 1 atom stereocenters. The number of nitrogens with one attached hydrogen (secondary N) is 1. The number of hydrogen-bond acceptors (Lipinski definition) is 3. The van der Waals surface area contributed by atoms with Gasteiger partial charge in [-0.3, -0.25) is 0 Å². The van der Waals surface area contributed by atoms with Gasteiger partial charge in [-0.2, -0.15) is 0 Å². The SMILES string of the molecule is CCCN1CCCC(Nc2ccc(N(C)C)cc2C)CC1. The summed E-state index contributed by atoms with van der Waals surface area (Å²) in [5.41, 5.74) is 3.92. The van der Waals surface area contributed by atoms with Crippen LogP contribution in [0.15, 0.2) is 18.2 Å². The summed E-state index contributed by atoms with van der Waals surface area (Å²) < 4.78 is 0. The number of hydrogen-bond donors (Lipinski definition) is 1.